The number of hydrogen-bond donors (Lipinski definition) is 2. The molecule has 1 rings (SSSR count). The highest BCUT2D eigenvalue weighted by Gasteiger charge is 1.99. The smallest absolute Gasteiger partial charge is 0.207 e. The van der Waals surface area contributed by atoms with Gasteiger partial charge in [0.05, 0.1) is 5.69 Å². The first kappa shape index (κ1) is 10.1. The first-order valence-corrected chi connectivity index (χ1v) is 4.20. The van der Waals surface area contributed by atoms with Gasteiger partial charge in [0.2, 0.25) is 5.96 Å². The van der Waals surface area contributed by atoms with E-state index < -0.39 is 0 Å². The zero-order chi connectivity index (χ0) is 10.6. The molecule has 0 atom stereocenters. The number of hydrogen-bond acceptors (Lipinski definition) is 2. The Labute approximate surface area is 83.1 Å². The van der Waals surface area contributed by atoms with Gasteiger partial charge in [-0.25, -0.2) is 4.99 Å². The Balaban J connectivity index is 3.04. The predicted octanol–water partition coefficient (Wildman–Crippen LogP) is 1.32. The lowest BCUT2D eigenvalue weighted by Crippen LogP contribution is -2.26. The van der Waals surface area contributed by atoms with Gasteiger partial charge in [-0.3, -0.25) is 5.32 Å². The fraction of sp³-hybridized carbons (Fsp3) is 0.200. The molecule has 0 amide bonds. The van der Waals surface area contributed by atoms with E-state index >= 15 is 0 Å². The summed E-state index contributed by atoms with van der Waals surface area (Å²) in [4.78, 5) is 4.07. The molecule has 0 aliphatic rings. The summed E-state index contributed by atoms with van der Waals surface area (Å²) in [6.45, 7) is 3.97. The van der Waals surface area contributed by atoms with E-state index in [9.17, 15) is 0 Å². The van der Waals surface area contributed by atoms with Crippen LogP contribution in [0.4, 0.5) is 5.69 Å². The van der Waals surface area contributed by atoms with Crippen LogP contribution >= 0.6 is 0 Å². The average Bonchev–Trinajstić information content (AvgIpc) is 2.13. The van der Waals surface area contributed by atoms with E-state index in [4.69, 9.17) is 11.0 Å². The predicted molar refractivity (Wildman–Crippen MR) is 55.9 cm³/mol. The number of benzene rings is 1. The molecule has 0 aromatic heterocycles. The van der Waals surface area contributed by atoms with Gasteiger partial charge in [0.15, 0.2) is 6.19 Å². The molecular weight excluding hydrogens is 176 g/mol. The molecule has 4 nitrogen and oxygen atoms in total. The van der Waals surface area contributed by atoms with Gasteiger partial charge in [-0.05, 0) is 31.0 Å². The molecule has 0 saturated heterocycles. The lowest BCUT2D eigenvalue weighted by atomic mass is 10.1. The van der Waals surface area contributed by atoms with Gasteiger partial charge in [-0.2, -0.15) is 5.26 Å². The van der Waals surface area contributed by atoms with Gasteiger partial charge in [-0.1, -0.05) is 12.1 Å². The molecule has 0 unspecified atom stereocenters. The molecule has 0 bridgehead atoms. The molecular formula is C10H12N4. The van der Waals surface area contributed by atoms with E-state index in [0.717, 1.165) is 16.8 Å². The van der Waals surface area contributed by atoms with Crippen molar-refractivity contribution < 1.29 is 0 Å². The van der Waals surface area contributed by atoms with Gasteiger partial charge in [-0.15, -0.1) is 0 Å². The number of nitrogens with zero attached hydrogens (tertiary/aromatic N) is 2. The van der Waals surface area contributed by atoms with Crippen molar-refractivity contribution in [2.24, 2.45) is 10.7 Å². The molecule has 1 aromatic carbocycles. The maximum atomic E-state index is 8.32. The highest BCUT2D eigenvalue weighted by Crippen LogP contribution is 2.20. The van der Waals surface area contributed by atoms with Crippen LogP contribution in [-0.2, 0) is 0 Å². The molecule has 1 aromatic rings. The second-order valence-corrected chi connectivity index (χ2v) is 2.95. The number of rotatable bonds is 1. The molecule has 4 heteroatoms. The summed E-state index contributed by atoms with van der Waals surface area (Å²) in [5, 5.41) is 10.6. The summed E-state index contributed by atoms with van der Waals surface area (Å²) in [5.41, 5.74) is 8.45. The van der Waals surface area contributed by atoms with Crippen molar-refractivity contribution in [1.82, 2.24) is 5.32 Å². The van der Waals surface area contributed by atoms with E-state index in [2.05, 4.69) is 10.3 Å². The minimum atomic E-state index is 0.112. The second-order valence-electron chi connectivity index (χ2n) is 2.95. The lowest BCUT2D eigenvalue weighted by Gasteiger charge is -2.04. The van der Waals surface area contributed by atoms with Crippen LogP contribution < -0.4 is 11.1 Å². The Kier molecular flexibility index (Phi) is 3.08. The van der Waals surface area contributed by atoms with Crippen molar-refractivity contribution in [3.05, 3.63) is 29.3 Å². The quantitative estimate of drug-likeness (QED) is 0.302. The van der Waals surface area contributed by atoms with Gasteiger partial charge >= 0.3 is 0 Å². The maximum Gasteiger partial charge on any atom is 0.207 e. The number of aryl methyl sites for hydroxylation is 1. The van der Waals surface area contributed by atoms with Crippen LogP contribution in [0.25, 0.3) is 0 Å². The highest BCUT2D eigenvalue weighted by atomic mass is 15.1. The number of guanidine groups is 1. The third-order valence-corrected chi connectivity index (χ3v) is 2.00. The minimum Gasteiger partial charge on any atom is -0.369 e. The standard InChI is InChI=1S/C10H12N4/c1-7-4-3-5-9(8(7)2)14-10(12)13-6-11/h3-5H,1-2H3,(H3,12,13,14). The Morgan fingerprint density at radius 3 is 2.86 bits per heavy atom. The summed E-state index contributed by atoms with van der Waals surface area (Å²) in [7, 11) is 0. The molecule has 0 aliphatic carbocycles. The van der Waals surface area contributed by atoms with Gasteiger partial charge in [0.25, 0.3) is 0 Å². The molecule has 0 fully saturated rings. The van der Waals surface area contributed by atoms with Gasteiger partial charge in [0.1, 0.15) is 0 Å². The Bertz CT molecular complexity index is 401. The van der Waals surface area contributed by atoms with Crippen molar-refractivity contribution in [2.45, 2.75) is 13.8 Å². The monoisotopic (exact) mass is 188 g/mol. The first-order chi connectivity index (χ1) is 6.65. The molecule has 0 radical (unpaired) electrons. The third kappa shape index (κ3) is 2.23. The van der Waals surface area contributed by atoms with E-state index in [1.165, 1.54) is 0 Å². The Hall–Kier alpha value is -2.02. The van der Waals surface area contributed by atoms with Crippen LogP contribution in [-0.4, -0.2) is 5.96 Å². The molecule has 72 valence electrons. The summed E-state index contributed by atoms with van der Waals surface area (Å²) in [6.07, 6.45) is 1.72. The number of nitriles is 1. The van der Waals surface area contributed by atoms with Crippen molar-refractivity contribution >= 4 is 11.6 Å². The van der Waals surface area contributed by atoms with Crippen molar-refractivity contribution in [2.75, 3.05) is 0 Å². The van der Waals surface area contributed by atoms with E-state index in [-0.39, 0.29) is 5.96 Å². The topological polar surface area (TPSA) is 74.2 Å². The fourth-order valence-electron chi connectivity index (χ4n) is 1.07. The van der Waals surface area contributed by atoms with Crippen LogP contribution in [0.15, 0.2) is 23.2 Å². The lowest BCUT2D eigenvalue weighted by molar-refractivity contribution is 1.20. The normalized spacial score (nSPS) is 10.8. The summed E-state index contributed by atoms with van der Waals surface area (Å²) >= 11 is 0. The summed E-state index contributed by atoms with van der Waals surface area (Å²) in [6, 6.07) is 5.76. The fourth-order valence-corrected chi connectivity index (χ4v) is 1.07. The van der Waals surface area contributed by atoms with Gasteiger partial charge < -0.3 is 5.73 Å². The van der Waals surface area contributed by atoms with Crippen molar-refractivity contribution in [1.29, 1.82) is 5.26 Å². The van der Waals surface area contributed by atoms with Crippen LogP contribution in [0.3, 0.4) is 0 Å². The number of nitrogens with one attached hydrogen (secondary N) is 1. The molecule has 0 heterocycles. The maximum absolute atomic E-state index is 8.32. The zero-order valence-corrected chi connectivity index (χ0v) is 8.20. The second kappa shape index (κ2) is 4.28. The molecule has 14 heavy (non-hydrogen) atoms. The van der Waals surface area contributed by atoms with Crippen molar-refractivity contribution in [3.8, 4) is 6.19 Å². The van der Waals surface area contributed by atoms with E-state index in [1.54, 1.807) is 6.19 Å². The van der Waals surface area contributed by atoms with Gasteiger partial charge in [0, 0.05) is 0 Å². The molecule has 0 saturated carbocycles. The van der Waals surface area contributed by atoms with Crippen LogP contribution in [0.5, 0.6) is 0 Å². The van der Waals surface area contributed by atoms with Crippen LogP contribution in [0, 0.1) is 25.3 Å². The number of aliphatic imine (C=N–C) groups is 1. The number of nitrogens with two attached hydrogens (primary N) is 1. The van der Waals surface area contributed by atoms with Crippen LogP contribution in [0.1, 0.15) is 11.1 Å². The van der Waals surface area contributed by atoms with Crippen molar-refractivity contribution in [3.63, 3.8) is 0 Å². The Morgan fingerprint density at radius 1 is 1.50 bits per heavy atom. The minimum absolute atomic E-state index is 0.112. The molecule has 0 spiro atoms. The van der Waals surface area contributed by atoms with E-state index in [1.807, 2.05) is 32.0 Å². The first-order valence-electron chi connectivity index (χ1n) is 4.20. The molecule has 0 aliphatic heterocycles. The average molecular weight is 188 g/mol. The zero-order valence-electron chi connectivity index (χ0n) is 8.20. The van der Waals surface area contributed by atoms with Crippen LogP contribution in [0.2, 0.25) is 0 Å². The third-order valence-electron chi connectivity index (χ3n) is 2.00. The largest absolute Gasteiger partial charge is 0.369 e. The molecule has 3 N–H and O–H groups in total. The van der Waals surface area contributed by atoms with E-state index in [0.29, 0.717) is 0 Å². The Morgan fingerprint density at radius 2 is 2.21 bits per heavy atom. The summed E-state index contributed by atoms with van der Waals surface area (Å²) < 4.78 is 0. The summed E-state index contributed by atoms with van der Waals surface area (Å²) in [5.74, 6) is 0.112. The highest BCUT2D eigenvalue weighted by molar-refractivity contribution is 5.82. The SMILES string of the molecule is Cc1cccc(N=C(N)NC#N)c1C.